The lowest BCUT2D eigenvalue weighted by Gasteiger charge is -2.33. The van der Waals surface area contributed by atoms with Gasteiger partial charge in [0.2, 0.25) is 9.84 Å². The molecule has 0 aromatic carbocycles. The summed E-state index contributed by atoms with van der Waals surface area (Å²) in [6.07, 6.45) is -1.23. The Bertz CT molecular complexity index is 506. The highest BCUT2D eigenvalue weighted by molar-refractivity contribution is 7.92. The monoisotopic (exact) mass is 353 g/mol. The molecule has 0 aliphatic heterocycles. The number of nitrogens with zero attached hydrogens (tertiary/aromatic N) is 1. The molecule has 0 radical (unpaired) electrons. The predicted molar refractivity (Wildman–Crippen MR) is 49.7 cm³/mol. The number of hydrogen-bond donors (Lipinski definition) is 0. The standard InChI is InChI=1S/C7H4ClF8NO2S/c8-6(13,14)4(9,10)5(11,12)7(15,16)20(18,19)3-1-2-17/h1,3H2. The third kappa shape index (κ3) is 2.78. The maximum Gasteiger partial charge on any atom is 0.413 e. The summed E-state index contributed by atoms with van der Waals surface area (Å²) < 4.78 is 123. The predicted octanol–water partition coefficient (Wildman–Crippen LogP) is 3.01. The highest BCUT2D eigenvalue weighted by Crippen LogP contribution is 2.55. The molecule has 0 bridgehead atoms. The molecule has 0 aliphatic carbocycles. The lowest BCUT2D eigenvalue weighted by atomic mass is 10.2. The summed E-state index contributed by atoms with van der Waals surface area (Å²) in [5.74, 6) is -15.7. The fourth-order valence-electron chi connectivity index (χ4n) is 0.864. The van der Waals surface area contributed by atoms with Crippen LogP contribution in [-0.2, 0) is 9.84 Å². The molecule has 0 aromatic heterocycles. The van der Waals surface area contributed by atoms with E-state index in [0.717, 1.165) is 6.07 Å². The lowest BCUT2D eigenvalue weighted by Crippen LogP contribution is -2.63. The van der Waals surface area contributed by atoms with E-state index in [2.05, 4.69) is 11.6 Å². The van der Waals surface area contributed by atoms with Crippen molar-refractivity contribution in [3.05, 3.63) is 0 Å². The van der Waals surface area contributed by atoms with E-state index < -0.39 is 44.5 Å². The van der Waals surface area contributed by atoms with Gasteiger partial charge in [-0.25, -0.2) is 8.42 Å². The van der Waals surface area contributed by atoms with Gasteiger partial charge in [-0.05, 0) is 11.6 Å². The molecule has 0 N–H and O–H groups in total. The van der Waals surface area contributed by atoms with Crippen LogP contribution in [-0.4, -0.2) is 36.7 Å². The Kier molecular flexibility index (Phi) is 4.96. The van der Waals surface area contributed by atoms with Crippen molar-refractivity contribution >= 4 is 21.4 Å². The maximum atomic E-state index is 13.0. The van der Waals surface area contributed by atoms with Crippen molar-refractivity contribution in [2.75, 3.05) is 5.75 Å². The van der Waals surface area contributed by atoms with E-state index >= 15 is 0 Å². The molecule has 0 saturated carbocycles. The van der Waals surface area contributed by atoms with Gasteiger partial charge in [0.25, 0.3) is 0 Å². The second kappa shape index (κ2) is 5.18. The highest BCUT2D eigenvalue weighted by Gasteiger charge is 2.83. The molecule has 13 heteroatoms. The van der Waals surface area contributed by atoms with Crippen LogP contribution in [0.15, 0.2) is 0 Å². The normalized spacial score (nSPS) is 15.0. The molecule has 0 heterocycles. The highest BCUT2D eigenvalue weighted by atomic mass is 35.5. The first kappa shape index (κ1) is 19.2. The molecular formula is C7H4ClF8NO2S. The van der Waals surface area contributed by atoms with Crippen LogP contribution < -0.4 is 0 Å². The van der Waals surface area contributed by atoms with Crippen molar-refractivity contribution in [1.82, 2.24) is 0 Å². The second-order valence-electron chi connectivity index (χ2n) is 3.39. The van der Waals surface area contributed by atoms with Crippen molar-refractivity contribution in [2.45, 2.75) is 28.9 Å². The van der Waals surface area contributed by atoms with Crippen LogP contribution in [0, 0.1) is 11.3 Å². The summed E-state index contributed by atoms with van der Waals surface area (Å²) in [6.45, 7) is 0. The molecular weight excluding hydrogens is 350 g/mol. The molecule has 0 saturated heterocycles. The van der Waals surface area contributed by atoms with E-state index in [1.54, 1.807) is 0 Å². The number of rotatable bonds is 6. The molecule has 0 fully saturated rings. The van der Waals surface area contributed by atoms with Crippen LogP contribution in [0.1, 0.15) is 6.42 Å². The van der Waals surface area contributed by atoms with Gasteiger partial charge in [0.1, 0.15) is 0 Å². The zero-order valence-electron chi connectivity index (χ0n) is 8.99. The molecule has 0 amide bonds. The molecule has 0 aliphatic rings. The maximum absolute atomic E-state index is 13.0. The summed E-state index contributed by atoms with van der Waals surface area (Å²) in [5.41, 5.74) is 0. The Labute approximate surface area is 112 Å². The van der Waals surface area contributed by atoms with E-state index in [1.165, 1.54) is 0 Å². The molecule has 3 nitrogen and oxygen atoms in total. The van der Waals surface area contributed by atoms with Crippen LogP contribution in [0.25, 0.3) is 0 Å². The van der Waals surface area contributed by atoms with Crippen molar-refractivity contribution in [1.29, 1.82) is 5.26 Å². The first-order valence-corrected chi connectivity index (χ1v) is 6.38. The average Bonchev–Trinajstić information content (AvgIpc) is 2.24. The summed E-state index contributed by atoms with van der Waals surface area (Å²) in [5, 5.41) is -4.71. The zero-order valence-corrected chi connectivity index (χ0v) is 10.6. The van der Waals surface area contributed by atoms with Gasteiger partial charge in [-0.3, -0.25) is 0 Å². The SMILES string of the molecule is N#CCCS(=O)(=O)C(F)(F)C(F)(F)C(F)(F)C(F)(F)Cl. The number of nitriles is 1. The Hall–Kier alpha value is -0.830. The van der Waals surface area contributed by atoms with Gasteiger partial charge in [-0.15, -0.1) is 0 Å². The zero-order chi connectivity index (χ0) is 16.6. The van der Waals surface area contributed by atoms with Gasteiger partial charge in [-0.1, -0.05) is 0 Å². The first-order chi connectivity index (χ1) is 8.56. The summed E-state index contributed by atoms with van der Waals surface area (Å²) >= 11 is 3.63. The van der Waals surface area contributed by atoms with Crippen LogP contribution in [0.4, 0.5) is 35.1 Å². The van der Waals surface area contributed by atoms with Gasteiger partial charge in [0, 0.05) is 6.42 Å². The van der Waals surface area contributed by atoms with Crippen LogP contribution in [0.2, 0.25) is 0 Å². The van der Waals surface area contributed by atoms with Crippen molar-refractivity contribution < 1.29 is 43.5 Å². The minimum absolute atomic E-state index is 0.997. The Morgan fingerprint density at radius 1 is 0.950 bits per heavy atom. The molecule has 0 unspecified atom stereocenters. The third-order valence-corrected chi connectivity index (χ3v) is 4.01. The van der Waals surface area contributed by atoms with Gasteiger partial charge in [-0.2, -0.15) is 40.4 Å². The topological polar surface area (TPSA) is 57.9 Å². The van der Waals surface area contributed by atoms with Gasteiger partial charge in [0.05, 0.1) is 11.8 Å². The fraction of sp³-hybridized carbons (Fsp3) is 0.857. The fourth-order valence-corrected chi connectivity index (χ4v) is 2.12. The number of hydrogen-bond acceptors (Lipinski definition) is 3. The minimum atomic E-state index is -6.99. The second-order valence-corrected chi connectivity index (χ2v) is 6.02. The van der Waals surface area contributed by atoms with E-state index in [-0.39, 0.29) is 0 Å². The largest absolute Gasteiger partial charge is 0.413 e. The number of halogens is 9. The minimum Gasteiger partial charge on any atom is -0.222 e. The average molecular weight is 354 g/mol. The van der Waals surface area contributed by atoms with E-state index in [4.69, 9.17) is 5.26 Å². The summed E-state index contributed by atoms with van der Waals surface area (Å²) in [7, 11) is -6.30. The molecule has 0 aromatic rings. The van der Waals surface area contributed by atoms with Crippen LogP contribution in [0.5, 0.6) is 0 Å². The van der Waals surface area contributed by atoms with Gasteiger partial charge >= 0.3 is 22.5 Å². The Morgan fingerprint density at radius 2 is 1.35 bits per heavy atom. The first-order valence-electron chi connectivity index (χ1n) is 4.35. The smallest absolute Gasteiger partial charge is 0.222 e. The molecule has 0 atom stereocenters. The summed E-state index contributed by atoms with van der Waals surface area (Å²) in [4.78, 5) is 0. The van der Waals surface area contributed by atoms with Crippen LogP contribution in [0.3, 0.4) is 0 Å². The van der Waals surface area contributed by atoms with Gasteiger partial charge in [0.15, 0.2) is 0 Å². The van der Waals surface area contributed by atoms with Crippen molar-refractivity contribution in [2.24, 2.45) is 0 Å². The number of sulfone groups is 1. The molecule has 118 valence electrons. The van der Waals surface area contributed by atoms with E-state index in [1.807, 2.05) is 0 Å². The van der Waals surface area contributed by atoms with Crippen LogP contribution >= 0.6 is 11.6 Å². The molecule has 0 rings (SSSR count). The Morgan fingerprint density at radius 3 is 1.65 bits per heavy atom. The third-order valence-electron chi connectivity index (χ3n) is 1.99. The van der Waals surface area contributed by atoms with E-state index in [0.29, 0.717) is 0 Å². The quantitative estimate of drug-likeness (QED) is 0.545. The molecule has 20 heavy (non-hydrogen) atoms. The van der Waals surface area contributed by atoms with Crippen molar-refractivity contribution in [3.63, 3.8) is 0 Å². The molecule has 0 spiro atoms. The number of alkyl halides is 9. The Balaban J connectivity index is 5.89. The van der Waals surface area contributed by atoms with E-state index in [9.17, 15) is 43.5 Å². The summed E-state index contributed by atoms with van der Waals surface area (Å²) in [6, 6.07) is 0.997. The van der Waals surface area contributed by atoms with Gasteiger partial charge < -0.3 is 0 Å². The van der Waals surface area contributed by atoms with Crippen molar-refractivity contribution in [3.8, 4) is 6.07 Å². The lowest BCUT2D eigenvalue weighted by molar-refractivity contribution is -0.326.